The third-order valence-electron chi connectivity index (χ3n) is 6.63. The van der Waals surface area contributed by atoms with Crippen LogP contribution in [0.5, 0.6) is 0 Å². The fraction of sp³-hybridized carbons (Fsp3) is 1.00. The fourth-order valence-corrected chi connectivity index (χ4v) is 5.16. The van der Waals surface area contributed by atoms with Gasteiger partial charge in [-0.15, -0.1) is 0 Å². The lowest BCUT2D eigenvalue weighted by Crippen LogP contribution is -2.55. The molecule has 0 bridgehead atoms. The minimum absolute atomic E-state index is 0.0927. The maximum Gasteiger partial charge on any atom is 0.146 e. The van der Waals surface area contributed by atoms with Gasteiger partial charge >= 0.3 is 0 Å². The summed E-state index contributed by atoms with van der Waals surface area (Å²) in [6.07, 6.45) is 7.75. The first-order valence-electron chi connectivity index (χ1n) is 10.8. The monoisotopic (exact) mass is 383 g/mol. The van der Waals surface area contributed by atoms with E-state index in [9.17, 15) is 0 Å². The van der Waals surface area contributed by atoms with Crippen molar-refractivity contribution in [3.8, 4) is 0 Å². The number of rotatable bonds is 7. The number of hydrogen-bond acceptors (Lipinski definition) is 8. The summed E-state index contributed by atoms with van der Waals surface area (Å²) in [6, 6.07) is 1.13. The fourth-order valence-electron chi connectivity index (χ4n) is 5.16. The summed E-state index contributed by atoms with van der Waals surface area (Å²) < 4.78 is 10.7. The second-order valence-electron chi connectivity index (χ2n) is 8.33. The van der Waals surface area contributed by atoms with E-state index >= 15 is 0 Å². The molecule has 0 saturated carbocycles. The lowest BCUT2D eigenvalue weighted by molar-refractivity contribution is -0.0461. The van der Waals surface area contributed by atoms with Gasteiger partial charge in [0.1, 0.15) is 6.23 Å². The zero-order chi connectivity index (χ0) is 18.5. The lowest BCUT2D eigenvalue weighted by Gasteiger charge is -2.37. The largest absolute Gasteiger partial charge is 0.383 e. The molecule has 0 aromatic heterocycles. The van der Waals surface area contributed by atoms with Crippen LogP contribution in [0.1, 0.15) is 38.5 Å². The first-order chi connectivity index (χ1) is 13.3. The summed E-state index contributed by atoms with van der Waals surface area (Å²) in [4.78, 5) is 8.75. The molecule has 0 amide bonds. The summed E-state index contributed by atoms with van der Waals surface area (Å²) >= 11 is 0. The third-order valence-corrected chi connectivity index (χ3v) is 6.63. The zero-order valence-corrected chi connectivity index (χ0v) is 16.6. The molecule has 5 unspecified atom stereocenters. The van der Waals surface area contributed by atoms with E-state index in [1.54, 1.807) is 7.11 Å². The molecule has 27 heavy (non-hydrogen) atoms. The Morgan fingerprint density at radius 1 is 1.19 bits per heavy atom. The van der Waals surface area contributed by atoms with Crippen molar-refractivity contribution in [2.75, 3.05) is 46.6 Å². The van der Waals surface area contributed by atoms with E-state index in [2.05, 4.69) is 26.3 Å². The van der Waals surface area contributed by atoms with Crippen molar-refractivity contribution in [2.24, 2.45) is 5.92 Å². The van der Waals surface area contributed by atoms with Gasteiger partial charge in [-0.05, 0) is 57.5 Å². The SMILES string of the molecule is COCCNC1CC(C2NOC(C3CCCN3C3CCOCC3)N2)CCN1. The Morgan fingerprint density at radius 2 is 2.07 bits per heavy atom. The van der Waals surface area contributed by atoms with E-state index in [0.29, 0.717) is 24.2 Å². The second-order valence-corrected chi connectivity index (χ2v) is 8.33. The van der Waals surface area contributed by atoms with E-state index in [-0.39, 0.29) is 12.4 Å². The Hall–Kier alpha value is -0.320. The van der Waals surface area contributed by atoms with Crippen LogP contribution in [0.15, 0.2) is 0 Å². The number of hydroxylamine groups is 1. The van der Waals surface area contributed by atoms with Crippen molar-refractivity contribution in [1.29, 1.82) is 0 Å². The Kier molecular flexibility index (Phi) is 7.35. The van der Waals surface area contributed by atoms with Crippen LogP contribution in [-0.2, 0) is 14.3 Å². The van der Waals surface area contributed by atoms with Gasteiger partial charge in [0.25, 0.3) is 0 Å². The van der Waals surface area contributed by atoms with Gasteiger partial charge in [0.2, 0.25) is 0 Å². The molecule has 0 radical (unpaired) electrons. The highest BCUT2D eigenvalue weighted by molar-refractivity contribution is 4.94. The average Bonchev–Trinajstić information content (AvgIpc) is 3.39. The van der Waals surface area contributed by atoms with Gasteiger partial charge in [0.05, 0.1) is 25.0 Å². The predicted octanol–water partition coefficient (Wildman–Crippen LogP) is -0.0319. The van der Waals surface area contributed by atoms with Crippen LogP contribution >= 0.6 is 0 Å². The molecular formula is C19H37N5O3. The van der Waals surface area contributed by atoms with Crippen molar-refractivity contribution in [2.45, 2.75) is 69.2 Å². The molecule has 4 saturated heterocycles. The van der Waals surface area contributed by atoms with Gasteiger partial charge in [-0.3, -0.25) is 20.4 Å². The first-order valence-corrected chi connectivity index (χ1v) is 10.8. The van der Waals surface area contributed by atoms with Gasteiger partial charge in [0, 0.05) is 32.9 Å². The van der Waals surface area contributed by atoms with Gasteiger partial charge in [-0.1, -0.05) is 0 Å². The van der Waals surface area contributed by atoms with Gasteiger partial charge in [-0.25, -0.2) is 0 Å². The van der Waals surface area contributed by atoms with E-state index in [4.69, 9.17) is 14.3 Å². The molecule has 8 nitrogen and oxygen atoms in total. The van der Waals surface area contributed by atoms with Crippen molar-refractivity contribution >= 4 is 0 Å². The van der Waals surface area contributed by atoms with Crippen LogP contribution in [-0.4, -0.2) is 82.1 Å². The summed E-state index contributed by atoms with van der Waals surface area (Å²) in [7, 11) is 1.75. The first kappa shape index (κ1) is 20.0. The number of nitrogens with zero attached hydrogens (tertiary/aromatic N) is 1. The van der Waals surface area contributed by atoms with E-state index in [1.807, 2.05) is 0 Å². The molecule has 5 atom stereocenters. The number of piperidine rings is 1. The summed E-state index contributed by atoms with van der Waals surface area (Å²) in [5.74, 6) is 0.564. The van der Waals surface area contributed by atoms with E-state index < -0.39 is 0 Å². The maximum atomic E-state index is 6.06. The molecule has 8 heteroatoms. The zero-order valence-electron chi connectivity index (χ0n) is 16.6. The normalized spacial score (nSPS) is 39.2. The van der Waals surface area contributed by atoms with E-state index in [1.165, 1.54) is 19.4 Å². The molecule has 0 aromatic rings. The molecule has 4 fully saturated rings. The molecule has 4 aliphatic rings. The Balaban J connectivity index is 1.27. The smallest absolute Gasteiger partial charge is 0.146 e. The highest BCUT2D eigenvalue weighted by Crippen LogP contribution is 2.30. The molecular weight excluding hydrogens is 346 g/mol. The Bertz CT molecular complexity index is 451. The summed E-state index contributed by atoms with van der Waals surface area (Å²) in [6.45, 7) is 5.67. The second kappa shape index (κ2) is 9.93. The third kappa shape index (κ3) is 5.00. The minimum Gasteiger partial charge on any atom is -0.383 e. The van der Waals surface area contributed by atoms with Crippen LogP contribution in [0.2, 0.25) is 0 Å². The average molecular weight is 384 g/mol. The van der Waals surface area contributed by atoms with Crippen LogP contribution in [0.4, 0.5) is 0 Å². The summed E-state index contributed by atoms with van der Waals surface area (Å²) in [5, 5.41) is 10.9. The van der Waals surface area contributed by atoms with E-state index in [0.717, 1.165) is 58.6 Å². The highest BCUT2D eigenvalue weighted by atomic mass is 16.7. The van der Waals surface area contributed by atoms with Gasteiger partial charge < -0.3 is 14.8 Å². The van der Waals surface area contributed by atoms with Crippen molar-refractivity contribution in [1.82, 2.24) is 26.3 Å². The van der Waals surface area contributed by atoms with Crippen LogP contribution in [0, 0.1) is 5.92 Å². The quantitative estimate of drug-likeness (QED) is 0.457. The van der Waals surface area contributed by atoms with Crippen LogP contribution in [0.3, 0.4) is 0 Å². The van der Waals surface area contributed by atoms with Crippen molar-refractivity contribution < 1.29 is 14.3 Å². The number of methoxy groups -OCH3 is 1. The molecule has 4 heterocycles. The van der Waals surface area contributed by atoms with Gasteiger partial charge in [0.15, 0.2) is 0 Å². The topological polar surface area (TPSA) is 79.0 Å². The van der Waals surface area contributed by atoms with Crippen LogP contribution < -0.4 is 21.4 Å². The highest BCUT2D eigenvalue weighted by Gasteiger charge is 2.42. The molecule has 0 aromatic carbocycles. The minimum atomic E-state index is 0.0927. The molecule has 4 N–H and O–H groups in total. The number of nitrogens with one attached hydrogen (secondary N) is 4. The molecule has 0 aliphatic carbocycles. The summed E-state index contributed by atoms with van der Waals surface area (Å²) in [5.41, 5.74) is 3.32. The number of ether oxygens (including phenoxy) is 2. The molecule has 4 rings (SSSR count). The Morgan fingerprint density at radius 3 is 2.93 bits per heavy atom. The predicted molar refractivity (Wildman–Crippen MR) is 103 cm³/mol. The molecule has 0 spiro atoms. The number of likely N-dealkylation sites (tertiary alicyclic amines) is 1. The molecule has 4 aliphatic heterocycles. The standard InChI is InChI=1S/C19H37N5O3/c1-25-12-8-21-17-13-14(4-7-20-17)18-22-19(27-23-18)16-3-2-9-24(16)15-5-10-26-11-6-15/h14-23H,2-13H2,1H3. The number of hydrogen-bond donors (Lipinski definition) is 4. The van der Waals surface area contributed by atoms with Crippen molar-refractivity contribution in [3.63, 3.8) is 0 Å². The van der Waals surface area contributed by atoms with Crippen molar-refractivity contribution in [3.05, 3.63) is 0 Å². The lowest BCUT2D eigenvalue weighted by atomic mass is 9.92. The molecule has 156 valence electrons. The maximum absolute atomic E-state index is 6.06. The van der Waals surface area contributed by atoms with Crippen LogP contribution in [0.25, 0.3) is 0 Å². The van der Waals surface area contributed by atoms with Gasteiger partial charge in [-0.2, -0.15) is 5.48 Å². The Labute approximate surface area is 163 Å².